The van der Waals surface area contributed by atoms with E-state index in [2.05, 4.69) is 14.0 Å². The Bertz CT molecular complexity index is 293. The van der Waals surface area contributed by atoms with Gasteiger partial charge in [-0.15, -0.1) is 0 Å². The van der Waals surface area contributed by atoms with Gasteiger partial charge in [0, 0.05) is 0 Å². The molecule has 27 heavy (non-hydrogen) atoms. The third kappa shape index (κ3) is 15.5. The number of rotatable bonds is 19. The molecule has 0 N–H and O–H groups in total. The molecule has 0 spiro atoms. The molecule has 0 atom stereocenters. The van der Waals surface area contributed by atoms with Crippen LogP contribution >= 0.6 is 0 Å². The second-order valence-corrected chi connectivity index (χ2v) is 9.86. The first-order valence-electron chi connectivity index (χ1n) is 13.1. The van der Waals surface area contributed by atoms with Crippen molar-refractivity contribution in [2.75, 3.05) is 26.7 Å². The molecule has 1 aliphatic heterocycles. The van der Waals surface area contributed by atoms with Crippen LogP contribution in [0.2, 0.25) is 0 Å². The predicted octanol–water partition coefficient (Wildman–Crippen LogP) is 8.66. The van der Waals surface area contributed by atoms with Crippen molar-refractivity contribution in [3.8, 4) is 0 Å². The summed E-state index contributed by atoms with van der Waals surface area (Å²) >= 11 is 0. The molecule has 162 valence electrons. The lowest BCUT2D eigenvalue weighted by Crippen LogP contribution is -2.48. The largest absolute Gasteiger partial charge is 0.326 e. The summed E-state index contributed by atoms with van der Waals surface area (Å²) in [5.41, 5.74) is 0. The molecule has 0 bridgehead atoms. The van der Waals surface area contributed by atoms with Crippen LogP contribution in [0.5, 0.6) is 0 Å². The number of quaternary nitrogens is 1. The van der Waals surface area contributed by atoms with Gasteiger partial charge in [-0.05, 0) is 32.1 Å². The van der Waals surface area contributed by atoms with Crippen LogP contribution in [-0.4, -0.2) is 31.2 Å². The van der Waals surface area contributed by atoms with E-state index < -0.39 is 0 Å². The Morgan fingerprint density at radius 1 is 0.444 bits per heavy atom. The first kappa shape index (κ1) is 25.0. The maximum Gasteiger partial charge on any atom is 0.0784 e. The molecule has 0 aromatic carbocycles. The number of likely N-dealkylation sites (tertiary alicyclic amines) is 1. The van der Waals surface area contributed by atoms with Crippen molar-refractivity contribution in [3.63, 3.8) is 0 Å². The van der Waals surface area contributed by atoms with Crippen molar-refractivity contribution in [2.24, 2.45) is 0 Å². The zero-order valence-electron chi connectivity index (χ0n) is 19.4. The van der Waals surface area contributed by atoms with Crippen molar-refractivity contribution >= 4 is 0 Å². The van der Waals surface area contributed by atoms with Gasteiger partial charge in [-0.3, -0.25) is 0 Å². The molecule has 1 nitrogen and oxygen atoms in total. The second-order valence-electron chi connectivity index (χ2n) is 9.86. The van der Waals surface area contributed by atoms with E-state index >= 15 is 0 Å². The Kier molecular flexibility index (Phi) is 16.7. The fraction of sp³-hybridized carbons (Fsp3) is 1.00. The fourth-order valence-electron chi connectivity index (χ4n) is 4.89. The molecule has 0 radical (unpaired) electrons. The summed E-state index contributed by atoms with van der Waals surface area (Å²) in [6.45, 7) is 6.63. The van der Waals surface area contributed by atoms with Gasteiger partial charge in [0.1, 0.15) is 0 Å². The summed E-state index contributed by atoms with van der Waals surface area (Å²) in [7, 11) is 2.49. The number of piperidine rings is 1. The third-order valence-corrected chi connectivity index (χ3v) is 6.95. The first-order chi connectivity index (χ1) is 13.3. The lowest BCUT2D eigenvalue weighted by molar-refractivity contribution is -0.914. The van der Waals surface area contributed by atoms with Crippen LogP contribution in [0.25, 0.3) is 0 Å². The molecule has 1 saturated heterocycles. The normalized spacial score (nSPS) is 16.7. The molecule has 0 aliphatic carbocycles. The summed E-state index contributed by atoms with van der Waals surface area (Å²) in [6.07, 6.45) is 31.0. The summed E-state index contributed by atoms with van der Waals surface area (Å²) in [6, 6.07) is 0. The summed E-state index contributed by atoms with van der Waals surface area (Å²) in [4.78, 5) is 0. The van der Waals surface area contributed by atoms with Crippen LogP contribution in [0.1, 0.15) is 142 Å². The molecule has 0 unspecified atom stereocenters. The van der Waals surface area contributed by atoms with Crippen LogP contribution in [-0.2, 0) is 0 Å². The Morgan fingerprint density at radius 2 is 0.778 bits per heavy atom. The van der Waals surface area contributed by atoms with Crippen LogP contribution in [0.3, 0.4) is 0 Å². The number of hydrogen-bond donors (Lipinski definition) is 0. The van der Waals surface area contributed by atoms with Gasteiger partial charge in [-0.2, -0.15) is 0 Å². The van der Waals surface area contributed by atoms with Gasteiger partial charge in [0.2, 0.25) is 0 Å². The Hall–Kier alpha value is -0.0400. The van der Waals surface area contributed by atoms with Crippen molar-refractivity contribution in [2.45, 2.75) is 142 Å². The van der Waals surface area contributed by atoms with E-state index in [1.165, 1.54) is 159 Å². The van der Waals surface area contributed by atoms with Crippen molar-refractivity contribution in [3.05, 3.63) is 0 Å². The van der Waals surface area contributed by atoms with Gasteiger partial charge in [0.15, 0.2) is 0 Å². The van der Waals surface area contributed by atoms with Crippen molar-refractivity contribution < 1.29 is 4.48 Å². The number of unbranched alkanes of at least 4 members (excludes halogenated alkanes) is 17. The van der Waals surface area contributed by atoms with Gasteiger partial charge in [-0.25, -0.2) is 0 Å². The highest BCUT2D eigenvalue weighted by Crippen LogP contribution is 2.18. The lowest BCUT2D eigenvalue weighted by atomic mass is 10.0. The SMILES string of the molecule is CCCCCCCCCCCCCCCCCCCC[N+]1(C)CCCCC1. The van der Waals surface area contributed by atoms with Crippen LogP contribution in [0.15, 0.2) is 0 Å². The summed E-state index contributed by atoms with van der Waals surface area (Å²) in [5, 5.41) is 0. The van der Waals surface area contributed by atoms with E-state index in [4.69, 9.17) is 0 Å². The minimum atomic E-state index is 1.37. The number of nitrogens with zero attached hydrogens (tertiary/aromatic N) is 1. The van der Waals surface area contributed by atoms with Crippen molar-refractivity contribution in [1.82, 2.24) is 0 Å². The molecule has 0 aromatic rings. The van der Waals surface area contributed by atoms with E-state index in [0.29, 0.717) is 0 Å². The predicted molar refractivity (Wildman–Crippen MR) is 123 cm³/mol. The average molecular weight is 381 g/mol. The van der Waals surface area contributed by atoms with E-state index in [-0.39, 0.29) is 0 Å². The van der Waals surface area contributed by atoms with Crippen LogP contribution in [0.4, 0.5) is 0 Å². The van der Waals surface area contributed by atoms with E-state index in [9.17, 15) is 0 Å². The maximum absolute atomic E-state index is 2.49. The molecule has 1 aliphatic rings. The summed E-state index contributed by atoms with van der Waals surface area (Å²) in [5.74, 6) is 0. The molecular weight excluding hydrogens is 326 g/mol. The topological polar surface area (TPSA) is 0 Å². The first-order valence-corrected chi connectivity index (χ1v) is 13.1. The second kappa shape index (κ2) is 18.0. The monoisotopic (exact) mass is 380 g/mol. The highest BCUT2D eigenvalue weighted by molar-refractivity contribution is 4.53. The average Bonchev–Trinajstić information content (AvgIpc) is 2.67. The Labute approximate surface area is 173 Å². The standard InChI is InChI=1S/C26H54N/c1-3-4-5-6-7-8-9-10-11-12-13-14-15-16-17-18-19-21-24-27(2)25-22-20-23-26-27/h3-26H2,1-2H3/q+1. The zero-order chi connectivity index (χ0) is 19.5. The van der Waals surface area contributed by atoms with Crippen molar-refractivity contribution in [1.29, 1.82) is 0 Å². The smallest absolute Gasteiger partial charge is 0.0784 e. The number of hydrogen-bond acceptors (Lipinski definition) is 0. The molecule has 1 rings (SSSR count). The van der Waals surface area contributed by atoms with Gasteiger partial charge >= 0.3 is 0 Å². The van der Waals surface area contributed by atoms with Gasteiger partial charge in [-0.1, -0.05) is 110 Å². The molecule has 1 heterocycles. The minimum Gasteiger partial charge on any atom is -0.326 e. The van der Waals surface area contributed by atoms with Gasteiger partial charge in [0.05, 0.1) is 26.7 Å². The highest BCUT2D eigenvalue weighted by Gasteiger charge is 2.23. The molecule has 0 saturated carbocycles. The van der Waals surface area contributed by atoms with E-state index in [1.54, 1.807) is 0 Å². The van der Waals surface area contributed by atoms with Gasteiger partial charge in [0.25, 0.3) is 0 Å². The molecule has 1 fully saturated rings. The zero-order valence-corrected chi connectivity index (χ0v) is 19.4. The van der Waals surface area contributed by atoms with E-state index in [1.807, 2.05) is 0 Å². The quantitative estimate of drug-likeness (QED) is 0.155. The highest BCUT2D eigenvalue weighted by atomic mass is 15.3. The lowest BCUT2D eigenvalue weighted by Gasteiger charge is -2.37. The third-order valence-electron chi connectivity index (χ3n) is 6.95. The molecule has 0 aromatic heterocycles. The van der Waals surface area contributed by atoms with Crippen LogP contribution < -0.4 is 0 Å². The summed E-state index contributed by atoms with van der Waals surface area (Å²) < 4.78 is 1.37. The van der Waals surface area contributed by atoms with Gasteiger partial charge < -0.3 is 4.48 Å². The van der Waals surface area contributed by atoms with E-state index in [0.717, 1.165) is 0 Å². The molecule has 1 heteroatoms. The maximum atomic E-state index is 2.49. The molecule has 0 amide bonds. The minimum absolute atomic E-state index is 1.37. The molecular formula is C26H54N+. The Morgan fingerprint density at radius 3 is 1.15 bits per heavy atom. The Balaban J connectivity index is 1.70. The van der Waals surface area contributed by atoms with Crippen LogP contribution in [0, 0.1) is 0 Å². The fourth-order valence-corrected chi connectivity index (χ4v) is 4.89.